The van der Waals surface area contributed by atoms with Crippen LogP contribution in [0.2, 0.25) is 0 Å². The maximum Gasteiger partial charge on any atom is 0.101 e. The summed E-state index contributed by atoms with van der Waals surface area (Å²) in [6.07, 6.45) is 6.46. The Labute approximate surface area is 180 Å². The molecule has 0 fully saturated rings. The van der Waals surface area contributed by atoms with Gasteiger partial charge in [-0.3, -0.25) is 15.1 Å². The van der Waals surface area contributed by atoms with Crippen LogP contribution in [-0.2, 0) is 5.41 Å². The Hall–Kier alpha value is -4.24. The van der Waals surface area contributed by atoms with Gasteiger partial charge in [0.05, 0.1) is 28.7 Å². The highest BCUT2D eigenvalue weighted by atomic mass is 15.1. The molecule has 4 aromatic rings. The van der Waals surface area contributed by atoms with Gasteiger partial charge in [0, 0.05) is 40.5 Å². The topological polar surface area (TPSA) is 104 Å². The monoisotopic (exact) mass is 406 g/mol. The highest BCUT2D eigenvalue weighted by molar-refractivity contribution is 6.15. The van der Waals surface area contributed by atoms with Crippen LogP contribution in [0.4, 0.5) is 0 Å². The van der Waals surface area contributed by atoms with Crippen LogP contribution in [0.5, 0.6) is 0 Å². The number of nitrogens with two attached hydrogens (primary N) is 1. The van der Waals surface area contributed by atoms with E-state index in [1.807, 2.05) is 56.3 Å². The molecule has 31 heavy (non-hydrogen) atoms. The maximum atomic E-state index is 9.40. The molecular formula is C25H22N6. The number of pyridine rings is 1. The van der Waals surface area contributed by atoms with E-state index in [4.69, 9.17) is 5.73 Å². The molecule has 0 unspecified atom stereocenters. The zero-order chi connectivity index (χ0) is 22.0. The number of nitriles is 1. The van der Waals surface area contributed by atoms with Crippen LogP contribution in [0.1, 0.15) is 25.0 Å². The van der Waals surface area contributed by atoms with Gasteiger partial charge in [0.25, 0.3) is 0 Å². The molecule has 2 aromatic heterocycles. The molecule has 6 nitrogen and oxygen atoms in total. The van der Waals surface area contributed by atoms with Gasteiger partial charge in [-0.1, -0.05) is 36.9 Å². The van der Waals surface area contributed by atoms with E-state index >= 15 is 0 Å². The van der Waals surface area contributed by atoms with E-state index in [0.29, 0.717) is 0 Å². The van der Waals surface area contributed by atoms with Crippen molar-refractivity contribution in [3.05, 3.63) is 78.8 Å². The van der Waals surface area contributed by atoms with Crippen LogP contribution in [-0.4, -0.2) is 21.4 Å². The first kappa shape index (κ1) is 20.0. The smallest absolute Gasteiger partial charge is 0.101 e. The highest BCUT2D eigenvalue weighted by Crippen LogP contribution is 2.34. The van der Waals surface area contributed by atoms with Crippen molar-refractivity contribution in [2.45, 2.75) is 19.3 Å². The molecule has 4 rings (SSSR count). The largest absolute Gasteiger partial charge is 0.404 e. The predicted octanol–water partition coefficient (Wildman–Crippen LogP) is 5.09. The lowest BCUT2D eigenvalue weighted by atomic mass is 9.86. The normalized spacial score (nSPS) is 12.5. The van der Waals surface area contributed by atoms with Gasteiger partial charge in [-0.05, 0) is 37.1 Å². The van der Waals surface area contributed by atoms with Crippen molar-refractivity contribution >= 4 is 33.6 Å². The Morgan fingerprint density at radius 3 is 2.68 bits per heavy atom. The molecule has 0 amide bonds. The van der Waals surface area contributed by atoms with Crippen molar-refractivity contribution < 1.29 is 0 Å². The van der Waals surface area contributed by atoms with E-state index in [-0.39, 0.29) is 0 Å². The summed E-state index contributed by atoms with van der Waals surface area (Å²) in [4.78, 5) is 8.64. The first-order valence-electron chi connectivity index (χ1n) is 9.84. The first-order valence-corrected chi connectivity index (χ1v) is 9.84. The zero-order valence-electron chi connectivity index (χ0n) is 17.4. The fourth-order valence-electron chi connectivity index (χ4n) is 3.55. The van der Waals surface area contributed by atoms with E-state index in [1.165, 1.54) is 12.4 Å². The van der Waals surface area contributed by atoms with E-state index in [1.54, 1.807) is 12.4 Å². The third-order valence-electron chi connectivity index (χ3n) is 5.38. The Balaban J connectivity index is 1.90. The minimum Gasteiger partial charge on any atom is -0.404 e. The first-order chi connectivity index (χ1) is 15.0. The summed E-state index contributed by atoms with van der Waals surface area (Å²) in [5.74, 6) is 0. The number of fused-ring (bicyclic) bond motifs is 3. The van der Waals surface area contributed by atoms with Crippen molar-refractivity contribution in [2.75, 3.05) is 0 Å². The van der Waals surface area contributed by atoms with E-state index in [2.05, 4.69) is 32.8 Å². The fraction of sp³-hybridized carbons (Fsp3) is 0.120. The van der Waals surface area contributed by atoms with Crippen molar-refractivity contribution in [1.29, 1.82) is 5.26 Å². The van der Waals surface area contributed by atoms with Crippen LogP contribution in [0.15, 0.2) is 72.6 Å². The summed E-state index contributed by atoms with van der Waals surface area (Å²) >= 11 is 0. The number of allylic oxidation sites excluding steroid dienone is 1. The quantitative estimate of drug-likeness (QED) is 0.450. The number of benzene rings is 2. The number of nitrogens with zero attached hydrogens (tertiary/aromatic N) is 4. The second-order valence-electron chi connectivity index (χ2n) is 7.75. The molecule has 0 spiro atoms. The second kappa shape index (κ2) is 7.88. The highest BCUT2D eigenvalue weighted by Gasteiger charge is 2.20. The summed E-state index contributed by atoms with van der Waals surface area (Å²) in [7, 11) is 0. The molecule has 0 aliphatic heterocycles. The SMILES string of the molecule is C=C/N=C\C(=C/N)c1ccc2ncc3[nH]nc(-c4ccc(C(C)(C)C#N)cc4)c3c2c1. The number of aromatic amines is 1. The van der Waals surface area contributed by atoms with Crippen LogP contribution in [0.25, 0.3) is 38.6 Å². The molecule has 0 saturated heterocycles. The molecule has 0 aliphatic rings. The van der Waals surface area contributed by atoms with Crippen molar-refractivity contribution in [3.8, 4) is 17.3 Å². The molecule has 2 aromatic carbocycles. The minimum absolute atomic E-state index is 0.546. The lowest BCUT2D eigenvalue weighted by molar-refractivity contribution is 0.687. The van der Waals surface area contributed by atoms with Gasteiger partial charge in [-0.2, -0.15) is 10.4 Å². The van der Waals surface area contributed by atoms with Crippen molar-refractivity contribution in [3.63, 3.8) is 0 Å². The number of rotatable bonds is 5. The summed E-state index contributed by atoms with van der Waals surface area (Å²) in [5.41, 5.74) is 11.4. The minimum atomic E-state index is -0.546. The van der Waals surface area contributed by atoms with Crippen LogP contribution in [0, 0.1) is 11.3 Å². The molecule has 0 radical (unpaired) electrons. The molecule has 6 heteroatoms. The molecule has 0 saturated carbocycles. The Morgan fingerprint density at radius 2 is 2.00 bits per heavy atom. The number of nitrogens with one attached hydrogen (secondary N) is 1. The van der Waals surface area contributed by atoms with Crippen LogP contribution >= 0.6 is 0 Å². The summed E-state index contributed by atoms with van der Waals surface area (Å²) in [5, 5.41) is 19.0. The van der Waals surface area contributed by atoms with Gasteiger partial charge < -0.3 is 5.73 Å². The molecular weight excluding hydrogens is 384 g/mol. The third kappa shape index (κ3) is 3.58. The number of hydrogen-bond acceptors (Lipinski definition) is 5. The average molecular weight is 406 g/mol. The molecule has 0 atom stereocenters. The number of aromatic nitrogens is 3. The average Bonchev–Trinajstić information content (AvgIpc) is 3.24. The van der Waals surface area contributed by atoms with E-state index < -0.39 is 5.41 Å². The Kier molecular flexibility index (Phi) is 5.10. The lowest BCUT2D eigenvalue weighted by Gasteiger charge is -2.15. The van der Waals surface area contributed by atoms with Gasteiger partial charge in [-0.25, -0.2) is 0 Å². The molecule has 2 heterocycles. The standard InChI is InChI=1S/C25H22N6/c1-4-28-13-18(12-26)17-7-10-21-20(11-17)23-22(14-29-21)30-31-24(23)16-5-8-19(9-6-16)25(2,3)15-27/h4-14H,1,26H2,2-3H3,(H,30,31)/b18-12+,28-13-. The summed E-state index contributed by atoms with van der Waals surface area (Å²) < 4.78 is 0. The van der Waals surface area contributed by atoms with Gasteiger partial charge in [0.2, 0.25) is 0 Å². The molecule has 0 bridgehead atoms. The Bertz CT molecular complexity index is 1380. The second-order valence-corrected chi connectivity index (χ2v) is 7.75. The van der Waals surface area contributed by atoms with Gasteiger partial charge in [0.15, 0.2) is 0 Å². The molecule has 3 N–H and O–H groups in total. The van der Waals surface area contributed by atoms with Crippen LogP contribution < -0.4 is 5.73 Å². The van der Waals surface area contributed by atoms with Gasteiger partial charge in [-0.15, -0.1) is 0 Å². The number of H-pyrrole nitrogens is 1. The maximum absolute atomic E-state index is 9.40. The van der Waals surface area contributed by atoms with E-state index in [9.17, 15) is 5.26 Å². The number of aliphatic imine (C=N–C) groups is 1. The van der Waals surface area contributed by atoms with Gasteiger partial charge in [0.1, 0.15) is 5.69 Å². The van der Waals surface area contributed by atoms with Gasteiger partial charge >= 0.3 is 0 Å². The predicted molar refractivity (Wildman–Crippen MR) is 126 cm³/mol. The number of hydrogen-bond donors (Lipinski definition) is 2. The van der Waals surface area contributed by atoms with E-state index in [0.717, 1.165) is 49.8 Å². The lowest BCUT2D eigenvalue weighted by Crippen LogP contribution is -2.13. The molecule has 152 valence electrons. The summed E-state index contributed by atoms with van der Waals surface area (Å²) in [6.45, 7) is 7.43. The summed E-state index contributed by atoms with van der Waals surface area (Å²) in [6, 6.07) is 16.3. The van der Waals surface area contributed by atoms with Crippen molar-refractivity contribution in [2.24, 2.45) is 10.7 Å². The molecule has 0 aliphatic carbocycles. The van der Waals surface area contributed by atoms with Crippen molar-refractivity contribution in [1.82, 2.24) is 15.2 Å². The van der Waals surface area contributed by atoms with Crippen LogP contribution in [0.3, 0.4) is 0 Å². The fourth-order valence-corrected chi connectivity index (χ4v) is 3.55. The zero-order valence-corrected chi connectivity index (χ0v) is 17.4. The third-order valence-corrected chi connectivity index (χ3v) is 5.38. The Morgan fingerprint density at radius 1 is 1.23 bits per heavy atom.